The minimum atomic E-state index is -0.877. The molecule has 1 heterocycles. The fourth-order valence-electron chi connectivity index (χ4n) is 1.52. The summed E-state index contributed by atoms with van der Waals surface area (Å²) in [4.78, 5) is 16.1. The van der Waals surface area contributed by atoms with Gasteiger partial charge in [0, 0.05) is 12.7 Å². The monoisotopic (exact) mass is 226 g/mol. The Hall–Kier alpha value is -1.49. The maximum Gasteiger partial charge on any atom is 0.317 e. The molecule has 0 saturated carbocycles. The summed E-state index contributed by atoms with van der Waals surface area (Å²) >= 11 is 0. The van der Waals surface area contributed by atoms with Crippen LogP contribution in [0.4, 0.5) is 4.39 Å². The van der Waals surface area contributed by atoms with Crippen LogP contribution in [0.25, 0.3) is 0 Å². The summed E-state index contributed by atoms with van der Waals surface area (Å²) in [5.41, 5.74) is 0.690. The fraction of sp³-hybridized carbons (Fsp3) is 0.455. The molecule has 0 bridgehead atoms. The van der Waals surface area contributed by atoms with Gasteiger partial charge in [-0.2, -0.15) is 0 Å². The summed E-state index contributed by atoms with van der Waals surface area (Å²) in [7, 11) is 0. The third kappa shape index (κ3) is 4.35. The van der Waals surface area contributed by atoms with Crippen LogP contribution in [-0.4, -0.2) is 34.0 Å². The normalized spacial score (nSPS) is 10.7. The van der Waals surface area contributed by atoms with E-state index in [4.69, 9.17) is 5.11 Å². The Bertz CT molecular complexity index is 358. The summed E-state index contributed by atoms with van der Waals surface area (Å²) < 4.78 is 12.9. The van der Waals surface area contributed by atoms with Crippen molar-refractivity contribution < 1.29 is 14.3 Å². The number of rotatable bonds is 6. The first-order valence-corrected chi connectivity index (χ1v) is 5.15. The lowest BCUT2D eigenvalue weighted by atomic mass is 10.2. The standard InChI is InChI=1S/C11H15FN2O2/c1-2-3-14(8-11(15)16)7-9-4-10(12)6-13-5-9/h4-6H,2-3,7-8H2,1H3,(H,15,16). The average Bonchev–Trinajstić information content (AvgIpc) is 2.16. The number of carbonyl (C=O) groups is 1. The minimum Gasteiger partial charge on any atom is -0.480 e. The summed E-state index contributed by atoms with van der Waals surface area (Å²) in [5.74, 6) is -1.28. The van der Waals surface area contributed by atoms with Gasteiger partial charge in [-0.05, 0) is 24.6 Å². The molecule has 0 unspecified atom stereocenters. The number of hydrogen-bond acceptors (Lipinski definition) is 3. The summed E-state index contributed by atoms with van der Waals surface area (Å²) in [6.07, 6.45) is 3.54. The molecule has 0 aliphatic rings. The number of aromatic nitrogens is 1. The van der Waals surface area contributed by atoms with Crippen molar-refractivity contribution in [3.63, 3.8) is 0 Å². The Balaban J connectivity index is 2.63. The van der Waals surface area contributed by atoms with Crippen LogP contribution < -0.4 is 0 Å². The molecule has 5 heteroatoms. The third-order valence-corrected chi connectivity index (χ3v) is 2.07. The summed E-state index contributed by atoms with van der Waals surface area (Å²) in [5, 5.41) is 8.71. The van der Waals surface area contributed by atoms with Gasteiger partial charge in [0.15, 0.2) is 0 Å². The Morgan fingerprint density at radius 1 is 1.56 bits per heavy atom. The molecular weight excluding hydrogens is 211 g/mol. The predicted molar refractivity (Wildman–Crippen MR) is 57.4 cm³/mol. The highest BCUT2D eigenvalue weighted by Gasteiger charge is 2.09. The van der Waals surface area contributed by atoms with E-state index in [0.717, 1.165) is 12.6 Å². The SMILES string of the molecule is CCCN(CC(=O)O)Cc1cncc(F)c1. The number of pyridine rings is 1. The van der Waals surface area contributed by atoms with Crippen LogP contribution in [0.3, 0.4) is 0 Å². The molecule has 0 amide bonds. The highest BCUT2D eigenvalue weighted by Crippen LogP contribution is 2.05. The van der Waals surface area contributed by atoms with Crippen molar-refractivity contribution >= 4 is 5.97 Å². The van der Waals surface area contributed by atoms with E-state index in [2.05, 4.69) is 4.98 Å². The second kappa shape index (κ2) is 6.17. The highest BCUT2D eigenvalue weighted by atomic mass is 19.1. The Morgan fingerprint density at radius 3 is 2.88 bits per heavy atom. The van der Waals surface area contributed by atoms with Crippen LogP contribution in [0.1, 0.15) is 18.9 Å². The van der Waals surface area contributed by atoms with Crippen molar-refractivity contribution in [1.29, 1.82) is 0 Å². The second-order valence-electron chi connectivity index (χ2n) is 3.62. The smallest absolute Gasteiger partial charge is 0.317 e. The van der Waals surface area contributed by atoms with Gasteiger partial charge in [-0.15, -0.1) is 0 Å². The number of nitrogens with zero attached hydrogens (tertiary/aromatic N) is 2. The van der Waals surface area contributed by atoms with E-state index in [9.17, 15) is 9.18 Å². The van der Waals surface area contributed by atoms with Gasteiger partial charge >= 0.3 is 5.97 Å². The van der Waals surface area contributed by atoms with Gasteiger partial charge in [-0.3, -0.25) is 14.7 Å². The Morgan fingerprint density at radius 2 is 2.31 bits per heavy atom. The maximum absolute atomic E-state index is 12.9. The molecule has 0 aliphatic carbocycles. The lowest BCUT2D eigenvalue weighted by molar-refractivity contribution is -0.138. The first-order valence-electron chi connectivity index (χ1n) is 5.15. The topological polar surface area (TPSA) is 53.4 Å². The van der Waals surface area contributed by atoms with Gasteiger partial charge in [0.25, 0.3) is 0 Å². The molecule has 0 radical (unpaired) electrons. The lowest BCUT2D eigenvalue weighted by Crippen LogP contribution is -2.30. The van der Waals surface area contributed by atoms with Crippen molar-refractivity contribution in [3.8, 4) is 0 Å². The first-order chi connectivity index (χ1) is 7.61. The third-order valence-electron chi connectivity index (χ3n) is 2.07. The molecular formula is C11H15FN2O2. The molecule has 0 spiro atoms. The van der Waals surface area contributed by atoms with Crippen LogP contribution in [0.2, 0.25) is 0 Å². The molecule has 1 N–H and O–H groups in total. The van der Waals surface area contributed by atoms with E-state index in [1.165, 1.54) is 6.07 Å². The van der Waals surface area contributed by atoms with Crippen LogP contribution in [0.15, 0.2) is 18.5 Å². The van der Waals surface area contributed by atoms with Crippen molar-refractivity contribution in [1.82, 2.24) is 9.88 Å². The van der Waals surface area contributed by atoms with E-state index in [-0.39, 0.29) is 6.54 Å². The summed E-state index contributed by atoms with van der Waals surface area (Å²) in [6, 6.07) is 1.37. The zero-order valence-corrected chi connectivity index (χ0v) is 9.19. The van der Waals surface area contributed by atoms with Crippen LogP contribution >= 0.6 is 0 Å². The molecule has 88 valence electrons. The van der Waals surface area contributed by atoms with Crippen molar-refractivity contribution in [2.24, 2.45) is 0 Å². The van der Waals surface area contributed by atoms with Crippen molar-refractivity contribution in [2.75, 3.05) is 13.1 Å². The van der Waals surface area contributed by atoms with Gasteiger partial charge < -0.3 is 5.11 Å². The summed E-state index contributed by atoms with van der Waals surface area (Å²) in [6.45, 7) is 3.01. The first kappa shape index (κ1) is 12.6. The van der Waals surface area contributed by atoms with Crippen LogP contribution in [-0.2, 0) is 11.3 Å². The maximum atomic E-state index is 12.9. The molecule has 0 aliphatic heterocycles. The van der Waals surface area contributed by atoms with Crippen molar-refractivity contribution in [2.45, 2.75) is 19.9 Å². The Kier molecular flexibility index (Phi) is 4.85. The molecule has 0 atom stereocenters. The number of aliphatic carboxylic acids is 1. The van der Waals surface area contributed by atoms with Crippen LogP contribution in [0, 0.1) is 5.82 Å². The second-order valence-corrected chi connectivity index (χ2v) is 3.62. The lowest BCUT2D eigenvalue weighted by Gasteiger charge is -2.19. The molecule has 1 aromatic heterocycles. The largest absolute Gasteiger partial charge is 0.480 e. The molecule has 0 saturated heterocycles. The molecule has 1 aromatic rings. The molecule has 1 rings (SSSR count). The van der Waals surface area contributed by atoms with Gasteiger partial charge in [0.1, 0.15) is 5.82 Å². The highest BCUT2D eigenvalue weighted by molar-refractivity contribution is 5.69. The van der Waals surface area contributed by atoms with E-state index >= 15 is 0 Å². The number of halogens is 1. The number of hydrogen-bond donors (Lipinski definition) is 1. The molecule has 0 fully saturated rings. The van der Waals surface area contributed by atoms with E-state index in [0.29, 0.717) is 18.7 Å². The predicted octanol–water partition coefficient (Wildman–Crippen LogP) is 1.52. The van der Waals surface area contributed by atoms with E-state index in [1.807, 2.05) is 6.92 Å². The molecule has 4 nitrogen and oxygen atoms in total. The molecule has 0 aromatic carbocycles. The van der Waals surface area contributed by atoms with Gasteiger partial charge in [-0.25, -0.2) is 4.39 Å². The number of carboxylic acids is 1. The zero-order chi connectivity index (χ0) is 12.0. The molecule has 16 heavy (non-hydrogen) atoms. The quantitative estimate of drug-likeness (QED) is 0.799. The van der Waals surface area contributed by atoms with E-state index in [1.54, 1.807) is 11.1 Å². The van der Waals surface area contributed by atoms with Crippen molar-refractivity contribution in [3.05, 3.63) is 29.8 Å². The average molecular weight is 226 g/mol. The van der Waals surface area contributed by atoms with E-state index < -0.39 is 11.8 Å². The minimum absolute atomic E-state index is 0.0373. The van der Waals surface area contributed by atoms with Crippen LogP contribution in [0.5, 0.6) is 0 Å². The van der Waals surface area contributed by atoms with Gasteiger partial charge in [0.2, 0.25) is 0 Å². The Labute approximate surface area is 93.7 Å². The number of carboxylic acid groups (broad SMARTS) is 1. The van der Waals surface area contributed by atoms with Gasteiger partial charge in [-0.1, -0.05) is 6.92 Å². The zero-order valence-electron chi connectivity index (χ0n) is 9.19. The van der Waals surface area contributed by atoms with Gasteiger partial charge in [0.05, 0.1) is 12.7 Å². The fourth-order valence-corrected chi connectivity index (χ4v) is 1.52.